The van der Waals surface area contributed by atoms with Crippen LogP contribution in [0, 0.1) is 0 Å². The molecule has 29 heavy (non-hydrogen) atoms. The van der Waals surface area contributed by atoms with Crippen molar-refractivity contribution in [2.45, 2.75) is 31.7 Å². The lowest BCUT2D eigenvalue weighted by Gasteiger charge is -2.23. The van der Waals surface area contributed by atoms with Gasteiger partial charge < -0.3 is 9.64 Å². The lowest BCUT2D eigenvalue weighted by Crippen LogP contribution is -2.31. The van der Waals surface area contributed by atoms with Gasteiger partial charge in [0.25, 0.3) is 5.91 Å². The summed E-state index contributed by atoms with van der Waals surface area (Å²) in [5.74, 6) is 0.589. The number of rotatable bonds is 5. The van der Waals surface area contributed by atoms with E-state index >= 15 is 0 Å². The SMILES string of the molecule is O=C(c1ccc(COCC(F)(F)F)cc1)N1CCCC1c1nnc2ccccn12. The lowest BCUT2D eigenvalue weighted by molar-refractivity contribution is -0.176. The average molecular weight is 404 g/mol. The summed E-state index contributed by atoms with van der Waals surface area (Å²) in [5.41, 5.74) is 1.78. The number of halogens is 3. The maximum Gasteiger partial charge on any atom is 0.411 e. The Hall–Kier alpha value is -2.94. The molecule has 3 heterocycles. The molecule has 0 N–H and O–H groups in total. The highest BCUT2D eigenvalue weighted by molar-refractivity contribution is 5.94. The van der Waals surface area contributed by atoms with Gasteiger partial charge in [-0.1, -0.05) is 18.2 Å². The van der Waals surface area contributed by atoms with E-state index in [4.69, 9.17) is 0 Å². The highest BCUT2D eigenvalue weighted by atomic mass is 19.4. The van der Waals surface area contributed by atoms with Crippen LogP contribution in [-0.2, 0) is 11.3 Å². The van der Waals surface area contributed by atoms with Gasteiger partial charge in [0, 0.05) is 18.3 Å². The predicted molar refractivity (Wildman–Crippen MR) is 98.2 cm³/mol. The van der Waals surface area contributed by atoms with E-state index in [2.05, 4.69) is 14.9 Å². The van der Waals surface area contributed by atoms with Gasteiger partial charge in [0.1, 0.15) is 6.61 Å². The number of nitrogens with zero attached hydrogens (tertiary/aromatic N) is 4. The minimum Gasteiger partial charge on any atom is -0.367 e. The van der Waals surface area contributed by atoms with Crippen LogP contribution in [0.2, 0.25) is 0 Å². The Balaban J connectivity index is 1.47. The summed E-state index contributed by atoms with van der Waals surface area (Å²) in [5, 5.41) is 8.45. The second-order valence-electron chi connectivity index (χ2n) is 6.95. The van der Waals surface area contributed by atoms with Crippen molar-refractivity contribution in [2.75, 3.05) is 13.2 Å². The second kappa shape index (κ2) is 7.82. The molecule has 3 aromatic rings. The van der Waals surface area contributed by atoms with E-state index in [0.717, 1.165) is 24.3 Å². The van der Waals surface area contributed by atoms with Crippen LogP contribution < -0.4 is 0 Å². The molecular weight excluding hydrogens is 385 g/mol. The quantitative estimate of drug-likeness (QED) is 0.649. The van der Waals surface area contributed by atoms with Crippen LogP contribution in [0.25, 0.3) is 5.65 Å². The number of amides is 1. The van der Waals surface area contributed by atoms with Crippen molar-refractivity contribution in [1.82, 2.24) is 19.5 Å². The van der Waals surface area contributed by atoms with Gasteiger partial charge in [0.2, 0.25) is 0 Å². The Bertz CT molecular complexity index is 1000. The molecule has 1 saturated heterocycles. The third kappa shape index (κ3) is 4.24. The topological polar surface area (TPSA) is 59.7 Å². The monoisotopic (exact) mass is 404 g/mol. The first kappa shape index (κ1) is 19.4. The maximum absolute atomic E-state index is 13.0. The summed E-state index contributed by atoms with van der Waals surface area (Å²) >= 11 is 0. The molecule has 1 aromatic carbocycles. The van der Waals surface area contributed by atoms with E-state index in [1.54, 1.807) is 29.2 Å². The van der Waals surface area contributed by atoms with E-state index < -0.39 is 12.8 Å². The van der Waals surface area contributed by atoms with Gasteiger partial charge in [0.05, 0.1) is 12.6 Å². The zero-order valence-corrected chi connectivity index (χ0v) is 15.5. The molecule has 4 rings (SSSR count). The number of aromatic nitrogens is 3. The fourth-order valence-corrected chi connectivity index (χ4v) is 3.56. The summed E-state index contributed by atoms with van der Waals surface area (Å²) in [4.78, 5) is 14.8. The van der Waals surface area contributed by atoms with Gasteiger partial charge >= 0.3 is 6.18 Å². The molecule has 1 unspecified atom stereocenters. The summed E-state index contributed by atoms with van der Waals surface area (Å²) in [6.45, 7) is -0.844. The summed E-state index contributed by atoms with van der Waals surface area (Å²) < 4.78 is 43.0. The van der Waals surface area contributed by atoms with Crippen LogP contribution >= 0.6 is 0 Å². The van der Waals surface area contributed by atoms with Crippen molar-refractivity contribution in [3.8, 4) is 0 Å². The van der Waals surface area contributed by atoms with Crippen LogP contribution in [0.4, 0.5) is 13.2 Å². The Labute approximate surface area is 164 Å². The van der Waals surface area contributed by atoms with Crippen LogP contribution in [0.5, 0.6) is 0 Å². The van der Waals surface area contributed by atoms with Gasteiger partial charge in [0.15, 0.2) is 11.5 Å². The zero-order valence-electron chi connectivity index (χ0n) is 15.5. The summed E-state index contributed by atoms with van der Waals surface area (Å²) in [7, 11) is 0. The largest absolute Gasteiger partial charge is 0.411 e. The van der Waals surface area contributed by atoms with Gasteiger partial charge in [-0.25, -0.2) is 0 Å². The molecule has 152 valence electrons. The Morgan fingerprint density at radius 1 is 1.14 bits per heavy atom. The smallest absolute Gasteiger partial charge is 0.367 e. The van der Waals surface area contributed by atoms with E-state index in [-0.39, 0.29) is 18.6 Å². The third-order valence-electron chi connectivity index (χ3n) is 4.89. The first-order valence-corrected chi connectivity index (χ1v) is 9.26. The van der Waals surface area contributed by atoms with Crippen LogP contribution in [0.3, 0.4) is 0 Å². The molecule has 0 bridgehead atoms. The minimum absolute atomic E-state index is 0.136. The normalized spacial score (nSPS) is 17.2. The molecule has 1 aliphatic rings. The average Bonchev–Trinajstić information content (AvgIpc) is 3.33. The maximum atomic E-state index is 13.0. The van der Waals surface area contributed by atoms with Crippen molar-refractivity contribution in [3.63, 3.8) is 0 Å². The molecule has 2 aromatic heterocycles. The van der Waals surface area contributed by atoms with Gasteiger partial charge in [-0.3, -0.25) is 9.20 Å². The number of hydrogen-bond donors (Lipinski definition) is 0. The van der Waals surface area contributed by atoms with E-state index in [1.807, 2.05) is 28.8 Å². The number of likely N-dealkylation sites (tertiary alicyclic amines) is 1. The molecule has 0 radical (unpaired) electrons. The molecular formula is C20H19F3N4O2. The summed E-state index contributed by atoms with van der Waals surface area (Å²) in [6, 6.07) is 11.9. The van der Waals surface area contributed by atoms with Crippen LogP contribution in [-0.4, -0.2) is 44.7 Å². The van der Waals surface area contributed by atoms with Gasteiger partial charge in [-0.15, -0.1) is 10.2 Å². The highest BCUT2D eigenvalue weighted by Gasteiger charge is 2.33. The van der Waals surface area contributed by atoms with Gasteiger partial charge in [-0.05, 0) is 42.7 Å². The van der Waals surface area contributed by atoms with E-state index in [1.165, 1.54) is 0 Å². The van der Waals surface area contributed by atoms with Crippen molar-refractivity contribution >= 4 is 11.6 Å². The van der Waals surface area contributed by atoms with Crippen LogP contribution in [0.1, 0.15) is 40.6 Å². The molecule has 0 saturated carbocycles. The number of ether oxygens (including phenoxy) is 1. The van der Waals surface area contributed by atoms with Crippen molar-refractivity contribution in [3.05, 3.63) is 65.6 Å². The predicted octanol–water partition coefficient (Wildman–Crippen LogP) is 3.79. The fourth-order valence-electron chi connectivity index (χ4n) is 3.56. The zero-order chi connectivity index (χ0) is 20.4. The molecule has 0 aliphatic carbocycles. The molecule has 1 amide bonds. The highest BCUT2D eigenvalue weighted by Crippen LogP contribution is 2.32. The number of benzene rings is 1. The number of hydrogen-bond acceptors (Lipinski definition) is 4. The van der Waals surface area contributed by atoms with Crippen molar-refractivity contribution in [2.24, 2.45) is 0 Å². The standard InChI is InChI=1S/C20H19F3N4O2/c21-20(22,23)13-29-12-14-6-8-15(9-7-14)19(28)26-11-3-4-16(26)18-25-24-17-5-1-2-10-27(17)18/h1-2,5-10,16H,3-4,11-13H2. The first-order valence-electron chi connectivity index (χ1n) is 9.26. The summed E-state index contributed by atoms with van der Waals surface area (Å²) in [6.07, 6.45) is -0.819. The minimum atomic E-state index is -4.35. The molecule has 6 nitrogen and oxygen atoms in total. The molecule has 1 fully saturated rings. The molecule has 0 spiro atoms. The van der Waals surface area contributed by atoms with E-state index in [9.17, 15) is 18.0 Å². The van der Waals surface area contributed by atoms with Crippen molar-refractivity contribution < 1.29 is 22.7 Å². The number of carbonyl (C=O) groups is 1. The Morgan fingerprint density at radius 3 is 2.69 bits per heavy atom. The molecule has 1 atom stereocenters. The van der Waals surface area contributed by atoms with Gasteiger partial charge in [-0.2, -0.15) is 13.2 Å². The third-order valence-corrected chi connectivity index (χ3v) is 4.89. The van der Waals surface area contributed by atoms with Crippen molar-refractivity contribution in [1.29, 1.82) is 0 Å². The number of fused-ring (bicyclic) bond motifs is 1. The van der Waals surface area contributed by atoms with E-state index in [0.29, 0.717) is 17.7 Å². The molecule has 1 aliphatic heterocycles. The van der Waals surface area contributed by atoms with Crippen LogP contribution in [0.15, 0.2) is 48.7 Å². The fraction of sp³-hybridized carbons (Fsp3) is 0.350. The Morgan fingerprint density at radius 2 is 1.93 bits per heavy atom. The number of carbonyl (C=O) groups excluding carboxylic acids is 1. The second-order valence-corrected chi connectivity index (χ2v) is 6.95. The number of pyridine rings is 1. The lowest BCUT2D eigenvalue weighted by atomic mass is 10.1. The molecule has 9 heteroatoms. The first-order chi connectivity index (χ1) is 13.9. The Kier molecular flexibility index (Phi) is 5.23. The number of alkyl halides is 3.